The molecule has 0 spiro atoms. The van der Waals surface area contributed by atoms with Crippen molar-refractivity contribution in [1.29, 1.82) is 0 Å². The molecule has 0 saturated carbocycles. The van der Waals surface area contributed by atoms with Crippen molar-refractivity contribution in [1.82, 2.24) is 10.6 Å². The maximum Gasteiger partial charge on any atom is 0.237 e. The first-order valence-corrected chi connectivity index (χ1v) is 6.78. The van der Waals surface area contributed by atoms with E-state index in [0.29, 0.717) is 12.5 Å². The lowest BCUT2D eigenvalue weighted by Crippen LogP contribution is -2.48. The molecule has 2 atom stereocenters. The van der Waals surface area contributed by atoms with Gasteiger partial charge in [0.1, 0.15) is 0 Å². The van der Waals surface area contributed by atoms with Crippen LogP contribution in [0.2, 0.25) is 0 Å². The van der Waals surface area contributed by atoms with Crippen molar-refractivity contribution in [3.05, 3.63) is 35.4 Å². The highest BCUT2D eigenvalue weighted by molar-refractivity contribution is 5.81. The molecule has 2 unspecified atom stereocenters. The van der Waals surface area contributed by atoms with Crippen LogP contribution >= 0.6 is 0 Å². The van der Waals surface area contributed by atoms with Crippen LogP contribution in [-0.2, 0) is 4.79 Å². The average molecular weight is 246 g/mol. The number of benzene rings is 1. The Hall–Kier alpha value is -1.35. The van der Waals surface area contributed by atoms with Gasteiger partial charge in [0.05, 0.1) is 6.04 Å². The zero-order valence-electron chi connectivity index (χ0n) is 11.2. The molecule has 1 aromatic carbocycles. The van der Waals surface area contributed by atoms with Crippen molar-refractivity contribution in [2.75, 3.05) is 13.1 Å². The summed E-state index contributed by atoms with van der Waals surface area (Å²) in [7, 11) is 0. The Bertz CT molecular complexity index is 417. The number of amides is 1. The molecule has 98 valence electrons. The molecular weight excluding hydrogens is 224 g/mol. The number of nitrogens with one attached hydrogen (secondary N) is 2. The van der Waals surface area contributed by atoms with Gasteiger partial charge in [-0.05, 0) is 44.7 Å². The number of hydrogen-bond acceptors (Lipinski definition) is 2. The molecular formula is C15H22N2O. The Morgan fingerprint density at radius 2 is 2.33 bits per heavy atom. The van der Waals surface area contributed by atoms with E-state index in [9.17, 15) is 4.79 Å². The van der Waals surface area contributed by atoms with Crippen LogP contribution in [-0.4, -0.2) is 25.0 Å². The molecule has 2 N–H and O–H groups in total. The molecule has 0 bridgehead atoms. The van der Waals surface area contributed by atoms with E-state index >= 15 is 0 Å². The van der Waals surface area contributed by atoms with E-state index in [1.165, 1.54) is 11.1 Å². The quantitative estimate of drug-likeness (QED) is 0.856. The van der Waals surface area contributed by atoms with E-state index in [-0.39, 0.29) is 11.9 Å². The van der Waals surface area contributed by atoms with Gasteiger partial charge in [-0.1, -0.05) is 29.8 Å². The van der Waals surface area contributed by atoms with E-state index in [4.69, 9.17) is 0 Å². The summed E-state index contributed by atoms with van der Waals surface area (Å²) in [5.74, 6) is 0.633. The molecule has 3 heteroatoms. The van der Waals surface area contributed by atoms with E-state index in [1.54, 1.807) is 0 Å². The van der Waals surface area contributed by atoms with E-state index in [2.05, 4.69) is 41.8 Å². The van der Waals surface area contributed by atoms with Crippen LogP contribution in [0, 0.1) is 6.92 Å². The van der Waals surface area contributed by atoms with Gasteiger partial charge < -0.3 is 10.6 Å². The highest BCUT2D eigenvalue weighted by atomic mass is 16.2. The third-order valence-corrected chi connectivity index (χ3v) is 3.58. The van der Waals surface area contributed by atoms with Gasteiger partial charge >= 0.3 is 0 Å². The van der Waals surface area contributed by atoms with Gasteiger partial charge in [0.2, 0.25) is 5.91 Å². The molecule has 0 aromatic heterocycles. The second kappa shape index (κ2) is 6.01. The number of hydrogen-bond donors (Lipinski definition) is 2. The van der Waals surface area contributed by atoms with Gasteiger partial charge in [0, 0.05) is 6.54 Å². The van der Waals surface area contributed by atoms with Crippen LogP contribution in [0.3, 0.4) is 0 Å². The van der Waals surface area contributed by atoms with Crippen LogP contribution in [0.5, 0.6) is 0 Å². The molecule has 1 aliphatic rings. The van der Waals surface area contributed by atoms with Gasteiger partial charge in [-0.25, -0.2) is 0 Å². The van der Waals surface area contributed by atoms with E-state index < -0.39 is 0 Å². The summed E-state index contributed by atoms with van der Waals surface area (Å²) in [6.45, 7) is 5.69. The lowest BCUT2D eigenvalue weighted by Gasteiger charge is -2.30. The minimum absolute atomic E-state index is 0.0378. The Labute approximate surface area is 109 Å². The van der Waals surface area contributed by atoms with Gasteiger partial charge in [0.15, 0.2) is 0 Å². The van der Waals surface area contributed by atoms with Crippen molar-refractivity contribution in [3.8, 4) is 0 Å². The minimum atomic E-state index is -0.0378. The first kappa shape index (κ1) is 13.1. The highest BCUT2D eigenvalue weighted by Gasteiger charge is 2.27. The number of piperidine rings is 1. The zero-order valence-corrected chi connectivity index (χ0v) is 11.2. The van der Waals surface area contributed by atoms with Gasteiger partial charge in [-0.15, -0.1) is 0 Å². The minimum Gasteiger partial charge on any atom is -0.355 e. The number of aryl methyl sites for hydroxylation is 1. The van der Waals surface area contributed by atoms with Crippen LogP contribution < -0.4 is 10.6 Å². The summed E-state index contributed by atoms with van der Waals surface area (Å²) in [6.07, 6.45) is 2.01. The second-order valence-electron chi connectivity index (χ2n) is 5.04. The molecule has 0 aliphatic carbocycles. The molecule has 1 fully saturated rings. The van der Waals surface area contributed by atoms with Crippen LogP contribution in [0.15, 0.2) is 24.3 Å². The molecule has 1 amide bonds. The fourth-order valence-electron chi connectivity index (χ4n) is 2.64. The third-order valence-electron chi connectivity index (χ3n) is 3.58. The normalized spacial score (nSPS) is 23.7. The van der Waals surface area contributed by atoms with Crippen molar-refractivity contribution >= 4 is 5.91 Å². The summed E-state index contributed by atoms with van der Waals surface area (Å²) >= 11 is 0. The molecule has 3 nitrogen and oxygen atoms in total. The van der Waals surface area contributed by atoms with Crippen molar-refractivity contribution in [3.63, 3.8) is 0 Å². The maximum atomic E-state index is 11.9. The largest absolute Gasteiger partial charge is 0.355 e. The average Bonchev–Trinajstić information content (AvgIpc) is 2.39. The fraction of sp³-hybridized carbons (Fsp3) is 0.533. The Morgan fingerprint density at radius 1 is 1.50 bits per heavy atom. The fourth-order valence-corrected chi connectivity index (χ4v) is 2.64. The molecule has 1 heterocycles. The molecule has 1 aliphatic heterocycles. The summed E-state index contributed by atoms with van der Waals surface area (Å²) < 4.78 is 0. The molecule has 2 rings (SSSR count). The third kappa shape index (κ3) is 3.10. The first-order chi connectivity index (χ1) is 8.70. The second-order valence-corrected chi connectivity index (χ2v) is 5.04. The summed E-state index contributed by atoms with van der Waals surface area (Å²) in [5.41, 5.74) is 2.66. The SMILES string of the molecule is CCNC(=O)C1CC(c2cccc(C)c2)CCN1. The Kier molecular flexibility index (Phi) is 4.37. The molecule has 1 aromatic rings. The van der Waals surface area contributed by atoms with Crippen molar-refractivity contribution in [2.24, 2.45) is 0 Å². The number of carbonyl (C=O) groups is 1. The maximum absolute atomic E-state index is 11.9. The Balaban J connectivity index is 2.04. The topological polar surface area (TPSA) is 41.1 Å². The van der Waals surface area contributed by atoms with E-state index in [1.807, 2.05) is 6.92 Å². The monoisotopic (exact) mass is 246 g/mol. The zero-order chi connectivity index (χ0) is 13.0. The van der Waals surface area contributed by atoms with Crippen LogP contribution in [0.1, 0.15) is 36.8 Å². The first-order valence-electron chi connectivity index (χ1n) is 6.78. The van der Waals surface area contributed by atoms with Crippen LogP contribution in [0.4, 0.5) is 0 Å². The van der Waals surface area contributed by atoms with Gasteiger partial charge in [-0.2, -0.15) is 0 Å². The molecule has 0 radical (unpaired) electrons. The lowest BCUT2D eigenvalue weighted by atomic mass is 9.85. The van der Waals surface area contributed by atoms with Crippen molar-refractivity contribution in [2.45, 2.75) is 38.6 Å². The predicted molar refractivity (Wildman–Crippen MR) is 73.6 cm³/mol. The summed E-state index contributed by atoms with van der Waals surface area (Å²) in [6, 6.07) is 8.60. The summed E-state index contributed by atoms with van der Waals surface area (Å²) in [5, 5.41) is 6.20. The number of carbonyl (C=O) groups excluding carboxylic acids is 1. The Morgan fingerprint density at radius 3 is 3.06 bits per heavy atom. The number of rotatable bonds is 3. The molecule has 18 heavy (non-hydrogen) atoms. The predicted octanol–water partition coefficient (Wildman–Crippen LogP) is 1.97. The molecule has 1 saturated heterocycles. The highest BCUT2D eigenvalue weighted by Crippen LogP contribution is 2.28. The van der Waals surface area contributed by atoms with Gasteiger partial charge in [0.25, 0.3) is 0 Å². The van der Waals surface area contributed by atoms with Crippen LogP contribution in [0.25, 0.3) is 0 Å². The smallest absolute Gasteiger partial charge is 0.237 e. The standard InChI is InChI=1S/C15H22N2O/c1-3-16-15(18)14-10-13(7-8-17-14)12-6-4-5-11(2)9-12/h4-6,9,13-14,17H,3,7-8,10H2,1-2H3,(H,16,18). The lowest BCUT2D eigenvalue weighted by molar-refractivity contribution is -0.123. The van der Waals surface area contributed by atoms with Crippen molar-refractivity contribution < 1.29 is 4.79 Å². The number of likely N-dealkylation sites (N-methyl/N-ethyl adjacent to an activating group) is 1. The van der Waals surface area contributed by atoms with Gasteiger partial charge in [-0.3, -0.25) is 4.79 Å². The summed E-state index contributed by atoms with van der Waals surface area (Å²) in [4.78, 5) is 11.9. The van der Waals surface area contributed by atoms with E-state index in [0.717, 1.165) is 19.4 Å².